The maximum atomic E-state index is 13.2. The molecule has 7 nitrogen and oxygen atoms in total. The summed E-state index contributed by atoms with van der Waals surface area (Å²) in [4.78, 5) is 27.6. The first kappa shape index (κ1) is 26.3. The van der Waals surface area contributed by atoms with Crippen LogP contribution in [0.25, 0.3) is 5.76 Å². The van der Waals surface area contributed by atoms with Crippen LogP contribution >= 0.6 is 11.6 Å². The molecule has 1 saturated heterocycles. The van der Waals surface area contributed by atoms with Gasteiger partial charge in [0.15, 0.2) is 0 Å². The van der Waals surface area contributed by atoms with Crippen LogP contribution in [0.4, 0.5) is 0 Å². The van der Waals surface area contributed by atoms with E-state index in [-0.39, 0.29) is 35.1 Å². The second-order valence-electron chi connectivity index (χ2n) is 8.40. The number of Topliss-reactive ketones (excluding diaryl/α,β-unsaturated/α-hetero) is 1. The van der Waals surface area contributed by atoms with Crippen molar-refractivity contribution in [3.05, 3.63) is 100 Å². The summed E-state index contributed by atoms with van der Waals surface area (Å²) in [6.07, 6.45) is 0. The van der Waals surface area contributed by atoms with Crippen LogP contribution in [0.1, 0.15) is 29.7 Å². The van der Waals surface area contributed by atoms with Crippen molar-refractivity contribution >= 4 is 29.1 Å². The number of carbonyl (C=O) groups is 2. The van der Waals surface area contributed by atoms with E-state index >= 15 is 0 Å². The zero-order valence-corrected chi connectivity index (χ0v) is 21.4. The predicted molar refractivity (Wildman–Crippen MR) is 141 cm³/mol. The molecule has 3 aromatic carbocycles. The van der Waals surface area contributed by atoms with Gasteiger partial charge in [-0.1, -0.05) is 54.1 Å². The molecule has 1 N–H and O–H groups in total. The highest BCUT2D eigenvalue weighted by atomic mass is 35.5. The minimum atomic E-state index is -0.829. The average Bonchev–Trinajstić information content (AvgIpc) is 3.17. The molecule has 1 amide bonds. The number of nitrogens with zero attached hydrogens (tertiary/aromatic N) is 1. The van der Waals surface area contributed by atoms with Gasteiger partial charge >= 0.3 is 0 Å². The Labute approximate surface area is 220 Å². The molecule has 1 unspecified atom stereocenters. The van der Waals surface area contributed by atoms with Crippen LogP contribution in [0.5, 0.6) is 11.5 Å². The second-order valence-corrected chi connectivity index (χ2v) is 8.81. The van der Waals surface area contributed by atoms with Crippen molar-refractivity contribution in [2.75, 3.05) is 26.9 Å². The second kappa shape index (κ2) is 12.0. The summed E-state index contributed by atoms with van der Waals surface area (Å²) in [5.41, 5.74) is 1.84. The number of halogens is 1. The minimum absolute atomic E-state index is 0.0467. The Kier molecular flexibility index (Phi) is 8.48. The molecule has 0 bridgehead atoms. The van der Waals surface area contributed by atoms with Gasteiger partial charge in [0, 0.05) is 19.2 Å². The van der Waals surface area contributed by atoms with Crippen molar-refractivity contribution in [3.63, 3.8) is 0 Å². The van der Waals surface area contributed by atoms with Crippen LogP contribution in [0.2, 0.25) is 5.02 Å². The molecule has 4 rings (SSSR count). The monoisotopic (exact) mass is 521 g/mol. The lowest BCUT2D eigenvalue weighted by atomic mass is 9.95. The van der Waals surface area contributed by atoms with Gasteiger partial charge in [0.2, 0.25) is 0 Å². The topological polar surface area (TPSA) is 85.3 Å². The number of hydrogen-bond donors (Lipinski definition) is 1. The Morgan fingerprint density at radius 3 is 2.35 bits per heavy atom. The molecule has 1 atom stereocenters. The van der Waals surface area contributed by atoms with Crippen LogP contribution in [0.3, 0.4) is 0 Å². The molecule has 0 aromatic heterocycles. The number of amides is 1. The van der Waals surface area contributed by atoms with Gasteiger partial charge in [0.1, 0.15) is 23.9 Å². The van der Waals surface area contributed by atoms with Gasteiger partial charge in [-0.25, -0.2) is 0 Å². The van der Waals surface area contributed by atoms with Crippen molar-refractivity contribution in [3.8, 4) is 11.5 Å². The maximum absolute atomic E-state index is 13.2. The zero-order chi connectivity index (χ0) is 26.4. The summed E-state index contributed by atoms with van der Waals surface area (Å²) < 4.78 is 16.6. The quantitative estimate of drug-likeness (QED) is 0.219. The number of rotatable bonds is 10. The van der Waals surface area contributed by atoms with Crippen LogP contribution in [-0.4, -0.2) is 48.6 Å². The van der Waals surface area contributed by atoms with Crippen molar-refractivity contribution in [1.82, 2.24) is 4.90 Å². The van der Waals surface area contributed by atoms with Gasteiger partial charge in [0.25, 0.3) is 11.7 Å². The minimum Gasteiger partial charge on any atom is -0.507 e. The smallest absolute Gasteiger partial charge is 0.295 e. The van der Waals surface area contributed by atoms with Crippen LogP contribution in [0, 0.1) is 0 Å². The van der Waals surface area contributed by atoms with E-state index in [9.17, 15) is 14.7 Å². The number of hydrogen-bond acceptors (Lipinski definition) is 6. The highest BCUT2D eigenvalue weighted by Crippen LogP contribution is 2.41. The van der Waals surface area contributed by atoms with E-state index in [0.29, 0.717) is 30.3 Å². The molecule has 3 aromatic rings. The highest BCUT2D eigenvalue weighted by Gasteiger charge is 2.46. The van der Waals surface area contributed by atoms with Gasteiger partial charge < -0.3 is 24.2 Å². The van der Waals surface area contributed by atoms with E-state index in [1.165, 1.54) is 12.0 Å². The summed E-state index contributed by atoms with van der Waals surface area (Å²) in [6, 6.07) is 20.9. The number of aliphatic hydroxyl groups is 1. The molecular formula is C29H28ClNO6. The van der Waals surface area contributed by atoms with E-state index < -0.39 is 17.7 Å². The predicted octanol–water partition coefficient (Wildman–Crippen LogP) is 5.39. The van der Waals surface area contributed by atoms with E-state index in [1.54, 1.807) is 42.5 Å². The number of methoxy groups -OCH3 is 1. The summed E-state index contributed by atoms with van der Waals surface area (Å²) >= 11 is 6.38. The van der Waals surface area contributed by atoms with Crippen molar-refractivity contribution in [2.45, 2.75) is 19.6 Å². The Bertz CT molecular complexity index is 1290. The molecular weight excluding hydrogens is 494 g/mol. The number of likely N-dealkylation sites (tertiary alicyclic amines) is 1. The summed E-state index contributed by atoms with van der Waals surface area (Å²) in [7, 11) is 1.52. The number of ether oxygens (including phenoxy) is 3. The first-order valence-corrected chi connectivity index (χ1v) is 12.3. The normalized spacial score (nSPS) is 16.7. The first-order chi connectivity index (χ1) is 17.9. The molecule has 37 heavy (non-hydrogen) atoms. The standard InChI is InChI=1S/C29H28ClNO6/c1-3-36-22-13-14-24(30)23(17-22)27(32)25-26(31(15-16-35-2)29(34)28(25)33)20-9-11-21(12-10-20)37-18-19-7-5-4-6-8-19/h4-14,17,26,32H,3,15-16,18H2,1-2H3/b27-25+. The fourth-order valence-electron chi connectivity index (χ4n) is 4.22. The van der Waals surface area contributed by atoms with E-state index in [2.05, 4.69) is 0 Å². The number of ketones is 1. The lowest BCUT2D eigenvalue weighted by molar-refractivity contribution is -0.140. The van der Waals surface area contributed by atoms with Crippen molar-refractivity contribution in [1.29, 1.82) is 0 Å². The molecule has 1 aliphatic rings. The third-order valence-corrected chi connectivity index (χ3v) is 6.35. The molecule has 192 valence electrons. The van der Waals surface area contributed by atoms with Gasteiger partial charge in [-0.15, -0.1) is 0 Å². The lowest BCUT2D eigenvalue weighted by Gasteiger charge is -2.25. The maximum Gasteiger partial charge on any atom is 0.295 e. The van der Waals surface area contributed by atoms with Gasteiger partial charge in [-0.05, 0) is 48.4 Å². The molecule has 0 radical (unpaired) electrons. The summed E-state index contributed by atoms with van der Waals surface area (Å²) in [6.45, 7) is 3.05. The fourth-order valence-corrected chi connectivity index (χ4v) is 4.43. The highest BCUT2D eigenvalue weighted by molar-refractivity contribution is 6.47. The lowest BCUT2D eigenvalue weighted by Crippen LogP contribution is -2.32. The molecule has 0 aliphatic carbocycles. The van der Waals surface area contributed by atoms with Crippen LogP contribution in [-0.2, 0) is 20.9 Å². The van der Waals surface area contributed by atoms with Crippen molar-refractivity contribution < 1.29 is 28.9 Å². The average molecular weight is 522 g/mol. The third kappa shape index (κ3) is 5.79. The van der Waals surface area contributed by atoms with E-state index in [1.807, 2.05) is 37.3 Å². The van der Waals surface area contributed by atoms with E-state index in [4.69, 9.17) is 25.8 Å². The summed E-state index contributed by atoms with van der Waals surface area (Å²) in [5.74, 6) is -0.752. The molecule has 1 heterocycles. The van der Waals surface area contributed by atoms with E-state index in [0.717, 1.165) is 5.56 Å². The Hall–Kier alpha value is -3.81. The van der Waals surface area contributed by atoms with Gasteiger partial charge in [-0.2, -0.15) is 0 Å². The summed E-state index contributed by atoms with van der Waals surface area (Å²) in [5, 5.41) is 11.5. The fraction of sp³-hybridized carbons (Fsp3) is 0.241. The molecule has 8 heteroatoms. The van der Waals surface area contributed by atoms with Crippen molar-refractivity contribution in [2.24, 2.45) is 0 Å². The number of benzene rings is 3. The Morgan fingerprint density at radius 2 is 1.68 bits per heavy atom. The molecule has 0 spiro atoms. The first-order valence-electron chi connectivity index (χ1n) is 11.9. The Balaban J connectivity index is 1.71. The molecule has 1 fully saturated rings. The molecule has 0 saturated carbocycles. The van der Waals surface area contributed by atoms with Gasteiger partial charge in [-0.3, -0.25) is 9.59 Å². The van der Waals surface area contributed by atoms with Crippen LogP contribution < -0.4 is 9.47 Å². The SMILES string of the molecule is CCOc1ccc(Cl)c(/C(O)=C2\C(=O)C(=O)N(CCOC)C2c2ccc(OCc3ccccc3)cc2)c1. The Morgan fingerprint density at radius 1 is 0.973 bits per heavy atom. The zero-order valence-electron chi connectivity index (χ0n) is 20.6. The van der Waals surface area contributed by atoms with Gasteiger partial charge in [0.05, 0.1) is 29.9 Å². The number of aliphatic hydroxyl groups excluding tert-OH is 1. The van der Waals surface area contributed by atoms with Crippen LogP contribution in [0.15, 0.2) is 78.4 Å². The number of carbonyl (C=O) groups excluding carboxylic acids is 2. The molecule has 1 aliphatic heterocycles. The third-order valence-electron chi connectivity index (χ3n) is 6.02. The largest absolute Gasteiger partial charge is 0.507 e.